The zero-order valence-corrected chi connectivity index (χ0v) is 14.0. The molecule has 1 fully saturated rings. The molecule has 2 N–H and O–H groups in total. The summed E-state index contributed by atoms with van der Waals surface area (Å²) in [5.41, 5.74) is 0. The fourth-order valence-corrected chi connectivity index (χ4v) is 2.59. The Hall–Kier alpha value is -0.810. The topological polar surface area (TPSA) is 48.9 Å². The van der Waals surface area contributed by atoms with E-state index >= 15 is 0 Å². The predicted molar refractivity (Wildman–Crippen MR) is 90.0 cm³/mol. The van der Waals surface area contributed by atoms with Gasteiger partial charge in [-0.15, -0.1) is 0 Å². The van der Waals surface area contributed by atoms with Gasteiger partial charge in [0.2, 0.25) is 0 Å². The second-order valence-corrected chi connectivity index (χ2v) is 5.59. The second-order valence-electron chi connectivity index (χ2n) is 5.59. The Morgan fingerprint density at radius 2 is 1.76 bits per heavy atom. The van der Waals surface area contributed by atoms with Gasteiger partial charge in [0.1, 0.15) is 0 Å². The molecular formula is C16H34N4O. The van der Waals surface area contributed by atoms with E-state index in [1.54, 1.807) is 0 Å². The van der Waals surface area contributed by atoms with Gasteiger partial charge in [-0.1, -0.05) is 12.8 Å². The molecule has 0 unspecified atom stereocenters. The van der Waals surface area contributed by atoms with E-state index in [1.165, 1.54) is 38.8 Å². The number of nitrogens with one attached hydrogen (secondary N) is 2. The molecule has 1 aliphatic heterocycles. The summed E-state index contributed by atoms with van der Waals surface area (Å²) in [6, 6.07) is 0. The van der Waals surface area contributed by atoms with Crippen molar-refractivity contribution in [2.45, 2.75) is 45.4 Å². The largest absolute Gasteiger partial charge is 0.382 e. The number of hydrogen-bond donors (Lipinski definition) is 2. The monoisotopic (exact) mass is 298 g/mol. The van der Waals surface area contributed by atoms with Crippen LogP contribution in [0.25, 0.3) is 0 Å². The summed E-state index contributed by atoms with van der Waals surface area (Å²) >= 11 is 0. The number of aliphatic imine (C=N–C) groups is 1. The number of guanidine groups is 1. The van der Waals surface area contributed by atoms with Gasteiger partial charge >= 0.3 is 0 Å². The number of nitrogens with zero attached hydrogens (tertiary/aromatic N) is 2. The van der Waals surface area contributed by atoms with Crippen LogP contribution in [0.2, 0.25) is 0 Å². The first-order chi connectivity index (χ1) is 10.4. The van der Waals surface area contributed by atoms with Crippen LogP contribution in [-0.2, 0) is 4.74 Å². The van der Waals surface area contributed by atoms with Crippen LogP contribution >= 0.6 is 0 Å². The molecule has 1 aliphatic rings. The van der Waals surface area contributed by atoms with Crippen LogP contribution in [-0.4, -0.2) is 63.8 Å². The average molecular weight is 298 g/mol. The molecule has 0 aromatic rings. The summed E-state index contributed by atoms with van der Waals surface area (Å²) in [7, 11) is 1.83. The summed E-state index contributed by atoms with van der Waals surface area (Å²) in [5.74, 6) is 0.918. The van der Waals surface area contributed by atoms with Gasteiger partial charge in [-0.05, 0) is 45.7 Å². The van der Waals surface area contributed by atoms with Crippen molar-refractivity contribution >= 4 is 5.96 Å². The minimum Gasteiger partial charge on any atom is -0.382 e. The average Bonchev–Trinajstić information content (AvgIpc) is 2.77. The van der Waals surface area contributed by atoms with Gasteiger partial charge in [0, 0.05) is 39.9 Å². The molecule has 5 heteroatoms. The molecule has 1 saturated heterocycles. The Morgan fingerprint density at radius 1 is 1.05 bits per heavy atom. The van der Waals surface area contributed by atoms with E-state index < -0.39 is 0 Å². The van der Waals surface area contributed by atoms with Crippen LogP contribution in [0.3, 0.4) is 0 Å². The maximum atomic E-state index is 5.33. The molecule has 124 valence electrons. The molecule has 0 spiro atoms. The van der Waals surface area contributed by atoms with Gasteiger partial charge < -0.3 is 20.3 Å². The first-order valence-corrected chi connectivity index (χ1v) is 8.61. The number of likely N-dealkylation sites (tertiary alicyclic amines) is 1. The highest BCUT2D eigenvalue weighted by Gasteiger charge is 2.08. The Balaban J connectivity index is 2.02. The molecule has 1 heterocycles. The Labute approximate surface area is 130 Å². The Kier molecular flexibility index (Phi) is 11.2. The van der Waals surface area contributed by atoms with Crippen LogP contribution in [0.1, 0.15) is 45.4 Å². The molecular weight excluding hydrogens is 264 g/mol. The number of rotatable bonds is 9. The molecule has 0 aromatic carbocycles. The molecule has 0 aromatic heterocycles. The standard InChI is InChI=1S/C16H34N4O/c1-3-21-15-9-6-10-18-16(17-2)19-11-14-20-12-7-4-5-8-13-20/h3-15H2,1-2H3,(H2,17,18,19). The lowest BCUT2D eigenvalue weighted by Crippen LogP contribution is -2.42. The highest BCUT2D eigenvalue weighted by molar-refractivity contribution is 5.79. The van der Waals surface area contributed by atoms with Gasteiger partial charge in [-0.25, -0.2) is 0 Å². The van der Waals surface area contributed by atoms with Crippen molar-refractivity contribution < 1.29 is 4.74 Å². The van der Waals surface area contributed by atoms with E-state index in [4.69, 9.17) is 4.74 Å². The van der Waals surface area contributed by atoms with Crippen LogP contribution in [0.15, 0.2) is 4.99 Å². The molecule has 0 atom stereocenters. The summed E-state index contributed by atoms with van der Waals surface area (Å²) in [6.07, 6.45) is 7.72. The lowest BCUT2D eigenvalue weighted by atomic mass is 10.2. The van der Waals surface area contributed by atoms with Gasteiger partial charge in [-0.2, -0.15) is 0 Å². The van der Waals surface area contributed by atoms with E-state index in [2.05, 4.69) is 20.5 Å². The molecule has 0 bridgehead atoms. The normalized spacial score (nSPS) is 17.5. The molecule has 1 rings (SSSR count). The van der Waals surface area contributed by atoms with Gasteiger partial charge in [0.25, 0.3) is 0 Å². The minimum absolute atomic E-state index is 0.813. The quantitative estimate of drug-likeness (QED) is 0.387. The van der Waals surface area contributed by atoms with Crippen molar-refractivity contribution in [3.8, 4) is 0 Å². The van der Waals surface area contributed by atoms with Crippen molar-refractivity contribution in [1.29, 1.82) is 0 Å². The lowest BCUT2D eigenvalue weighted by Gasteiger charge is -2.20. The SMILES string of the molecule is CCOCCCCNC(=NC)NCCN1CCCCCC1. The van der Waals surface area contributed by atoms with E-state index in [1.807, 2.05) is 14.0 Å². The first kappa shape index (κ1) is 18.2. The van der Waals surface area contributed by atoms with Crippen LogP contribution in [0.4, 0.5) is 0 Å². The van der Waals surface area contributed by atoms with Crippen molar-refractivity contribution in [2.75, 3.05) is 53.0 Å². The fraction of sp³-hybridized carbons (Fsp3) is 0.938. The number of hydrogen-bond acceptors (Lipinski definition) is 3. The summed E-state index contributed by atoms with van der Waals surface area (Å²) in [4.78, 5) is 6.83. The van der Waals surface area contributed by atoms with E-state index in [-0.39, 0.29) is 0 Å². The maximum absolute atomic E-state index is 5.33. The van der Waals surface area contributed by atoms with Gasteiger partial charge in [0.15, 0.2) is 5.96 Å². The first-order valence-electron chi connectivity index (χ1n) is 8.61. The van der Waals surface area contributed by atoms with Crippen molar-refractivity contribution in [3.05, 3.63) is 0 Å². The second kappa shape index (κ2) is 12.9. The zero-order chi connectivity index (χ0) is 15.2. The molecule has 0 saturated carbocycles. The van der Waals surface area contributed by atoms with E-state index in [0.717, 1.165) is 51.6 Å². The molecule has 0 radical (unpaired) electrons. The van der Waals surface area contributed by atoms with E-state index in [0.29, 0.717) is 0 Å². The lowest BCUT2D eigenvalue weighted by molar-refractivity contribution is 0.143. The van der Waals surface area contributed by atoms with Crippen molar-refractivity contribution in [1.82, 2.24) is 15.5 Å². The smallest absolute Gasteiger partial charge is 0.191 e. The predicted octanol–water partition coefficient (Wildman–Crippen LogP) is 1.84. The number of ether oxygens (including phenoxy) is 1. The molecule has 5 nitrogen and oxygen atoms in total. The highest BCUT2D eigenvalue weighted by Crippen LogP contribution is 2.08. The van der Waals surface area contributed by atoms with Gasteiger partial charge in [-0.3, -0.25) is 4.99 Å². The number of unbranched alkanes of at least 4 members (excludes halogenated alkanes) is 1. The fourth-order valence-electron chi connectivity index (χ4n) is 2.59. The van der Waals surface area contributed by atoms with Crippen LogP contribution < -0.4 is 10.6 Å². The van der Waals surface area contributed by atoms with Gasteiger partial charge in [0.05, 0.1) is 0 Å². The third kappa shape index (κ3) is 9.69. The Bertz CT molecular complexity index is 263. The molecule has 0 aliphatic carbocycles. The molecule has 21 heavy (non-hydrogen) atoms. The van der Waals surface area contributed by atoms with Crippen molar-refractivity contribution in [2.24, 2.45) is 4.99 Å². The Morgan fingerprint density at radius 3 is 2.43 bits per heavy atom. The minimum atomic E-state index is 0.813. The maximum Gasteiger partial charge on any atom is 0.191 e. The summed E-state index contributed by atoms with van der Waals surface area (Å²) in [6.45, 7) is 9.26. The van der Waals surface area contributed by atoms with E-state index in [9.17, 15) is 0 Å². The highest BCUT2D eigenvalue weighted by atomic mass is 16.5. The summed E-state index contributed by atoms with van der Waals surface area (Å²) < 4.78 is 5.33. The van der Waals surface area contributed by atoms with Crippen molar-refractivity contribution in [3.63, 3.8) is 0 Å². The molecule has 0 amide bonds. The zero-order valence-electron chi connectivity index (χ0n) is 14.0. The van der Waals surface area contributed by atoms with Crippen LogP contribution in [0, 0.1) is 0 Å². The third-order valence-electron chi connectivity index (χ3n) is 3.85. The summed E-state index contributed by atoms with van der Waals surface area (Å²) in [5, 5.41) is 6.77. The third-order valence-corrected chi connectivity index (χ3v) is 3.85. The van der Waals surface area contributed by atoms with Crippen LogP contribution in [0.5, 0.6) is 0 Å².